The monoisotopic (exact) mass is 280 g/mol. The van der Waals surface area contributed by atoms with Gasteiger partial charge in [-0.15, -0.1) is 0 Å². The minimum atomic E-state index is 0.383. The Hall–Kier alpha value is -0.570. The lowest BCUT2D eigenvalue weighted by atomic mass is 9.54. The normalized spacial score (nSPS) is 20.5. The van der Waals surface area contributed by atoms with Crippen molar-refractivity contribution in [2.75, 3.05) is 13.1 Å². The van der Waals surface area contributed by atoms with E-state index in [1.54, 1.807) is 0 Å². The number of carbonyl (C=O) groups is 1. The van der Waals surface area contributed by atoms with Crippen LogP contribution in [0.2, 0.25) is 0 Å². The second kappa shape index (κ2) is 7.44. The van der Waals surface area contributed by atoms with Crippen LogP contribution in [0.1, 0.15) is 77.6 Å². The molecule has 116 valence electrons. The van der Waals surface area contributed by atoms with Gasteiger partial charge in [-0.25, -0.2) is 0 Å². The lowest BCUT2D eigenvalue weighted by molar-refractivity contribution is -0.142. The molecule has 3 heteroatoms. The molecule has 0 bridgehead atoms. The fraction of sp³-hybridized carbons (Fsp3) is 0.941. The number of carbonyl (C=O) groups excluding carboxylic acids is 1. The van der Waals surface area contributed by atoms with Crippen LogP contribution in [0.5, 0.6) is 0 Å². The van der Waals surface area contributed by atoms with Crippen LogP contribution < -0.4 is 5.73 Å². The van der Waals surface area contributed by atoms with Crippen LogP contribution in [0.3, 0.4) is 0 Å². The van der Waals surface area contributed by atoms with Crippen LogP contribution in [0.15, 0.2) is 0 Å². The predicted octanol–water partition coefficient (Wildman–Crippen LogP) is 3.47. The van der Waals surface area contributed by atoms with Gasteiger partial charge in [-0.2, -0.15) is 0 Å². The number of hydrogen-bond donors (Lipinski definition) is 1. The van der Waals surface area contributed by atoms with E-state index in [0.717, 1.165) is 19.4 Å². The Morgan fingerprint density at radius 2 is 1.95 bits per heavy atom. The van der Waals surface area contributed by atoms with Crippen LogP contribution in [0.25, 0.3) is 0 Å². The summed E-state index contributed by atoms with van der Waals surface area (Å²) in [6.07, 6.45) is 13.1. The summed E-state index contributed by atoms with van der Waals surface area (Å²) in [6, 6.07) is 0.553. The molecular weight excluding hydrogens is 248 g/mol. The van der Waals surface area contributed by atoms with Gasteiger partial charge in [-0.1, -0.05) is 26.2 Å². The van der Waals surface area contributed by atoms with Crippen LogP contribution in [-0.2, 0) is 4.79 Å². The highest BCUT2D eigenvalue weighted by molar-refractivity contribution is 5.76. The zero-order valence-corrected chi connectivity index (χ0v) is 13.2. The molecule has 1 spiro atoms. The molecule has 2 rings (SSSR count). The van der Waals surface area contributed by atoms with Gasteiger partial charge in [0.15, 0.2) is 0 Å². The van der Waals surface area contributed by atoms with Crippen molar-refractivity contribution in [1.29, 1.82) is 0 Å². The molecule has 20 heavy (non-hydrogen) atoms. The second-order valence-corrected chi connectivity index (χ2v) is 6.96. The largest absolute Gasteiger partial charge is 0.340 e. The maximum atomic E-state index is 12.4. The van der Waals surface area contributed by atoms with E-state index in [1.165, 1.54) is 51.4 Å². The molecule has 2 aliphatic rings. The molecule has 2 saturated carbocycles. The summed E-state index contributed by atoms with van der Waals surface area (Å²) in [5, 5.41) is 0. The number of nitrogens with two attached hydrogens (primary N) is 1. The van der Waals surface area contributed by atoms with Gasteiger partial charge >= 0.3 is 0 Å². The first-order chi connectivity index (χ1) is 9.71. The van der Waals surface area contributed by atoms with Gasteiger partial charge in [0, 0.05) is 19.0 Å². The van der Waals surface area contributed by atoms with Gasteiger partial charge in [-0.05, 0) is 56.9 Å². The molecule has 2 N–H and O–H groups in total. The zero-order valence-electron chi connectivity index (χ0n) is 13.2. The molecular formula is C17H32N2O. The quantitative estimate of drug-likeness (QED) is 0.657. The Morgan fingerprint density at radius 3 is 2.50 bits per heavy atom. The Labute approximate surface area is 124 Å². The zero-order chi connectivity index (χ0) is 14.4. The topological polar surface area (TPSA) is 46.3 Å². The lowest BCUT2D eigenvalue weighted by Gasteiger charge is -2.57. The average Bonchev–Trinajstić information content (AvgIpc) is 2.33. The summed E-state index contributed by atoms with van der Waals surface area (Å²) in [5.41, 5.74) is 6.18. The Morgan fingerprint density at radius 1 is 1.20 bits per heavy atom. The van der Waals surface area contributed by atoms with E-state index >= 15 is 0 Å². The van der Waals surface area contributed by atoms with E-state index in [4.69, 9.17) is 5.73 Å². The van der Waals surface area contributed by atoms with Gasteiger partial charge in [0.25, 0.3) is 0 Å². The predicted molar refractivity (Wildman–Crippen MR) is 83.4 cm³/mol. The third-order valence-electron chi connectivity index (χ3n) is 5.36. The summed E-state index contributed by atoms with van der Waals surface area (Å²) in [5.74, 6) is 0.383. The van der Waals surface area contributed by atoms with Gasteiger partial charge in [-0.3, -0.25) is 4.79 Å². The van der Waals surface area contributed by atoms with Crippen molar-refractivity contribution >= 4 is 5.91 Å². The third kappa shape index (κ3) is 3.75. The number of nitrogens with zero attached hydrogens (tertiary/aromatic N) is 1. The fourth-order valence-electron chi connectivity index (χ4n) is 3.85. The number of amides is 1. The standard InChI is InChI=1S/C17H32N2O/c1-2-3-6-12-19(16(20)8-4-5-11-18)15-13-17(14-15)9-7-10-17/h15H,2-14,18H2,1H3. The number of rotatable bonds is 9. The number of hydrogen-bond acceptors (Lipinski definition) is 2. The molecule has 1 amide bonds. The minimum Gasteiger partial charge on any atom is -0.340 e. The van der Waals surface area contributed by atoms with Crippen molar-refractivity contribution in [2.24, 2.45) is 11.1 Å². The first kappa shape index (κ1) is 15.8. The van der Waals surface area contributed by atoms with Crippen molar-refractivity contribution in [3.63, 3.8) is 0 Å². The van der Waals surface area contributed by atoms with Crippen molar-refractivity contribution in [3.05, 3.63) is 0 Å². The van der Waals surface area contributed by atoms with E-state index in [2.05, 4.69) is 11.8 Å². The molecule has 2 aliphatic carbocycles. The highest BCUT2D eigenvalue weighted by Crippen LogP contribution is 2.57. The molecule has 3 nitrogen and oxygen atoms in total. The summed E-state index contributed by atoms with van der Waals surface area (Å²) in [6.45, 7) is 3.91. The van der Waals surface area contributed by atoms with Crippen molar-refractivity contribution in [3.8, 4) is 0 Å². The van der Waals surface area contributed by atoms with Gasteiger partial charge in [0.2, 0.25) is 5.91 Å². The summed E-state index contributed by atoms with van der Waals surface area (Å²) < 4.78 is 0. The average molecular weight is 280 g/mol. The lowest BCUT2D eigenvalue weighted by Crippen LogP contribution is -2.55. The fourth-order valence-corrected chi connectivity index (χ4v) is 3.85. The van der Waals surface area contributed by atoms with Gasteiger partial charge in [0.05, 0.1) is 0 Å². The summed E-state index contributed by atoms with van der Waals surface area (Å²) in [4.78, 5) is 14.7. The maximum Gasteiger partial charge on any atom is 0.222 e. The van der Waals surface area contributed by atoms with E-state index in [1.807, 2.05) is 0 Å². The summed E-state index contributed by atoms with van der Waals surface area (Å²) in [7, 11) is 0. The van der Waals surface area contributed by atoms with E-state index in [0.29, 0.717) is 30.3 Å². The minimum absolute atomic E-state index is 0.383. The molecule has 0 radical (unpaired) electrons. The van der Waals surface area contributed by atoms with E-state index in [9.17, 15) is 4.79 Å². The molecule has 2 fully saturated rings. The molecule has 0 aromatic rings. The van der Waals surface area contributed by atoms with Crippen molar-refractivity contribution in [1.82, 2.24) is 4.90 Å². The molecule has 0 aromatic heterocycles. The van der Waals surface area contributed by atoms with Crippen LogP contribution in [-0.4, -0.2) is 29.9 Å². The number of unbranched alkanes of at least 4 members (excludes halogenated alkanes) is 3. The Kier molecular flexibility index (Phi) is 5.88. The van der Waals surface area contributed by atoms with Crippen molar-refractivity contribution in [2.45, 2.75) is 83.6 Å². The smallest absolute Gasteiger partial charge is 0.222 e. The van der Waals surface area contributed by atoms with E-state index in [-0.39, 0.29) is 0 Å². The Bertz CT molecular complexity index is 304. The maximum absolute atomic E-state index is 12.4. The molecule has 0 heterocycles. The third-order valence-corrected chi connectivity index (χ3v) is 5.36. The first-order valence-electron chi connectivity index (χ1n) is 8.70. The van der Waals surface area contributed by atoms with E-state index < -0.39 is 0 Å². The summed E-state index contributed by atoms with van der Waals surface area (Å²) >= 11 is 0. The highest BCUT2D eigenvalue weighted by Gasteiger charge is 2.50. The SMILES string of the molecule is CCCCCN(C(=O)CCCCN)C1CC2(CCC2)C1. The van der Waals surface area contributed by atoms with Crippen LogP contribution in [0.4, 0.5) is 0 Å². The van der Waals surface area contributed by atoms with Crippen molar-refractivity contribution < 1.29 is 4.79 Å². The van der Waals surface area contributed by atoms with Gasteiger partial charge in [0.1, 0.15) is 0 Å². The highest BCUT2D eigenvalue weighted by atomic mass is 16.2. The molecule has 0 aromatic carbocycles. The van der Waals surface area contributed by atoms with Crippen LogP contribution >= 0.6 is 0 Å². The first-order valence-corrected chi connectivity index (χ1v) is 8.70. The molecule has 0 atom stereocenters. The van der Waals surface area contributed by atoms with Gasteiger partial charge < -0.3 is 10.6 Å². The molecule has 0 unspecified atom stereocenters. The molecule has 0 aliphatic heterocycles. The molecule has 0 saturated heterocycles. The van der Waals surface area contributed by atoms with Crippen LogP contribution in [0, 0.1) is 5.41 Å². The second-order valence-electron chi connectivity index (χ2n) is 6.96. The Balaban J connectivity index is 1.79.